The average molecular weight is 572 g/mol. The number of nitrogens with zero attached hydrogens (tertiary/aromatic N) is 4. The topological polar surface area (TPSA) is 112 Å². The average Bonchev–Trinajstić information content (AvgIpc) is 3.77. The number of aromatic nitrogens is 1. The Labute approximate surface area is 237 Å². The van der Waals surface area contributed by atoms with Crippen molar-refractivity contribution in [3.63, 3.8) is 0 Å². The maximum atomic E-state index is 13.7. The van der Waals surface area contributed by atoms with Crippen molar-refractivity contribution in [2.45, 2.75) is 56.4 Å². The minimum Gasteiger partial charge on any atom is -0.497 e. The van der Waals surface area contributed by atoms with Gasteiger partial charge in [0.15, 0.2) is 0 Å². The Hall–Kier alpha value is -3.18. The van der Waals surface area contributed by atoms with Gasteiger partial charge in [-0.2, -0.15) is 4.31 Å². The molecule has 1 saturated heterocycles. The first-order valence-electron chi connectivity index (χ1n) is 13.9. The van der Waals surface area contributed by atoms with Crippen LogP contribution in [0.4, 0.5) is 5.69 Å². The molecule has 0 spiro atoms. The molecule has 0 radical (unpaired) electrons. The first kappa shape index (κ1) is 29.8. The molecule has 1 N–H and O–H groups in total. The first-order chi connectivity index (χ1) is 19.0. The number of methoxy groups -OCH3 is 1. The smallest absolute Gasteiger partial charge is 0.244 e. The van der Waals surface area contributed by atoms with E-state index in [1.807, 2.05) is 19.1 Å². The van der Waals surface area contributed by atoms with Crippen molar-refractivity contribution in [1.29, 1.82) is 0 Å². The van der Waals surface area contributed by atoms with Crippen LogP contribution in [0.25, 0.3) is 0 Å². The van der Waals surface area contributed by atoms with Crippen LogP contribution in [0.2, 0.25) is 0 Å². The first-order valence-corrected chi connectivity index (χ1v) is 15.3. The molecule has 4 rings (SSSR count). The Morgan fingerprint density at radius 1 is 1.15 bits per heavy atom. The number of sulfonamides is 1. The van der Waals surface area contributed by atoms with Gasteiger partial charge in [-0.05, 0) is 80.3 Å². The lowest BCUT2D eigenvalue weighted by Crippen LogP contribution is -2.52. The lowest BCUT2D eigenvalue weighted by atomic mass is 9.96. The minimum atomic E-state index is -3.96. The molecule has 1 aromatic heterocycles. The number of anilines is 1. The zero-order chi connectivity index (χ0) is 29.1. The van der Waals surface area contributed by atoms with Gasteiger partial charge in [-0.15, -0.1) is 0 Å². The number of ether oxygens (including phenoxy) is 1. The van der Waals surface area contributed by atoms with E-state index < -0.39 is 21.5 Å². The second-order valence-electron chi connectivity index (χ2n) is 10.9. The van der Waals surface area contributed by atoms with Crippen LogP contribution in [-0.2, 0) is 26.0 Å². The molecule has 2 fully saturated rings. The Bertz CT molecular complexity index is 1320. The lowest BCUT2D eigenvalue weighted by molar-refractivity contribution is -0.133. The number of hydrogen-bond donors (Lipinski definition) is 1. The van der Waals surface area contributed by atoms with Crippen LogP contribution in [0.1, 0.15) is 43.7 Å². The highest BCUT2D eigenvalue weighted by atomic mass is 32.2. The summed E-state index contributed by atoms with van der Waals surface area (Å²) in [6.07, 6.45) is 6.86. The molecule has 1 aliphatic carbocycles. The number of hydrogen-bond acceptors (Lipinski definition) is 7. The number of carbonyl (C=O) groups is 2. The maximum Gasteiger partial charge on any atom is 0.244 e. The van der Waals surface area contributed by atoms with E-state index in [0.717, 1.165) is 31.6 Å². The van der Waals surface area contributed by atoms with Crippen molar-refractivity contribution in [3.05, 3.63) is 47.8 Å². The summed E-state index contributed by atoms with van der Waals surface area (Å²) in [7, 11) is 0.794. The number of benzene rings is 1. The van der Waals surface area contributed by atoms with Crippen LogP contribution in [0.3, 0.4) is 0 Å². The molecule has 2 amide bonds. The number of amides is 2. The van der Waals surface area contributed by atoms with Crippen LogP contribution < -0.4 is 15.0 Å². The lowest BCUT2D eigenvalue weighted by Gasteiger charge is -2.35. The summed E-state index contributed by atoms with van der Waals surface area (Å²) in [6, 6.07) is 7.44. The van der Waals surface area contributed by atoms with E-state index in [1.165, 1.54) is 11.4 Å². The molecule has 11 heteroatoms. The number of pyridine rings is 1. The van der Waals surface area contributed by atoms with Crippen molar-refractivity contribution >= 4 is 27.5 Å². The molecule has 1 aliphatic heterocycles. The molecule has 1 aromatic carbocycles. The van der Waals surface area contributed by atoms with Crippen molar-refractivity contribution in [1.82, 2.24) is 19.5 Å². The van der Waals surface area contributed by atoms with Gasteiger partial charge >= 0.3 is 0 Å². The summed E-state index contributed by atoms with van der Waals surface area (Å²) in [4.78, 5) is 34.4. The SMILES string of the molecule is CCc1cc(OC)cc(C)c1S(=O)(=O)N(C)C1(C(=O)NCC(=O)N(C)CC2CCN(c3ccncc3)CC2)CC1. The zero-order valence-corrected chi connectivity index (χ0v) is 25.0. The van der Waals surface area contributed by atoms with Crippen LogP contribution in [0, 0.1) is 12.8 Å². The molecule has 2 aliphatic rings. The number of rotatable bonds is 11. The van der Waals surface area contributed by atoms with E-state index in [2.05, 4.69) is 15.2 Å². The molecule has 0 unspecified atom stereocenters. The van der Waals surface area contributed by atoms with E-state index in [9.17, 15) is 18.0 Å². The van der Waals surface area contributed by atoms with Crippen molar-refractivity contribution in [2.75, 3.05) is 52.3 Å². The van der Waals surface area contributed by atoms with Gasteiger partial charge in [0.2, 0.25) is 21.8 Å². The van der Waals surface area contributed by atoms with E-state index in [-0.39, 0.29) is 17.3 Å². The van der Waals surface area contributed by atoms with Crippen LogP contribution >= 0.6 is 0 Å². The fraction of sp³-hybridized carbons (Fsp3) is 0.552. The molecule has 10 nitrogen and oxygen atoms in total. The molecule has 218 valence electrons. The third-order valence-electron chi connectivity index (χ3n) is 8.31. The van der Waals surface area contributed by atoms with E-state index in [1.54, 1.807) is 50.5 Å². The standard InChI is InChI=1S/C29H41N5O5S/c1-6-23-18-25(39-5)17-21(2)27(23)40(37,38)33(4)29(11-12-29)28(36)31-19-26(35)32(3)20-22-9-15-34(16-10-22)24-7-13-30-14-8-24/h7-8,13-14,17-18,22H,6,9-12,15-16,19-20H2,1-5H3,(H,31,36). The third-order valence-corrected chi connectivity index (χ3v) is 10.5. The summed E-state index contributed by atoms with van der Waals surface area (Å²) in [5, 5.41) is 2.73. The Balaban J connectivity index is 1.33. The van der Waals surface area contributed by atoms with E-state index >= 15 is 0 Å². The molecular formula is C29H41N5O5S. The second kappa shape index (κ2) is 12.1. The van der Waals surface area contributed by atoms with Crippen molar-refractivity contribution < 1.29 is 22.7 Å². The fourth-order valence-electron chi connectivity index (χ4n) is 5.60. The minimum absolute atomic E-state index is 0.164. The number of piperidine rings is 1. The maximum absolute atomic E-state index is 13.7. The summed E-state index contributed by atoms with van der Waals surface area (Å²) < 4.78 is 34.0. The van der Waals surface area contributed by atoms with Gasteiger partial charge < -0.3 is 19.9 Å². The monoisotopic (exact) mass is 571 g/mol. The predicted octanol–water partition coefficient (Wildman–Crippen LogP) is 2.61. The number of carbonyl (C=O) groups excluding carboxylic acids is 2. The summed E-state index contributed by atoms with van der Waals surface area (Å²) in [5.74, 6) is 0.353. The Kier molecular flexibility index (Phi) is 9.04. The van der Waals surface area contributed by atoms with Crippen LogP contribution in [0.15, 0.2) is 41.6 Å². The van der Waals surface area contributed by atoms with Gasteiger partial charge in [0.1, 0.15) is 11.3 Å². The molecule has 2 heterocycles. The van der Waals surface area contributed by atoms with Crippen LogP contribution in [0.5, 0.6) is 5.75 Å². The molecule has 0 bridgehead atoms. The highest BCUT2D eigenvalue weighted by molar-refractivity contribution is 7.89. The molecule has 1 saturated carbocycles. The summed E-state index contributed by atoms with van der Waals surface area (Å²) in [6.45, 7) is 5.92. The predicted molar refractivity (Wildman–Crippen MR) is 154 cm³/mol. The van der Waals surface area contributed by atoms with Gasteiger partial charge in [0.05, 0.1) is 18.6 Å². The van der Waals surface area contributed by atoms with Gasteiger partial charge in [0, 0.05) is 51.8 Å². The van der Waals surface area contributed by atoms with Gasteiger partial charge in [-0.3, -0.25) is 14.6 Å². The highest BCUT2D eigenvalue weighted by Crippen LogP contribution is 2.45. The zero-order valence-electron chi connectivity index (χ0n) is 24.1. The Morgan fingerprint density at radius 3 is 2.38 bits per heavy atom. The summed E-state index contributed by atoms with van der Waals surface area (Å²) in [5.41, 5.74) is 1.19. The molecular weight excluding hydrogens is 530 g/mol. The number of nitrogens with one attached hydrogen (secondary N) is 1. The largest absolute Gasteiger partial charge is 0.497 e. The molecule has 0 atom stereocenters. The van der Waals surface area contributed by atoms with Gasteiger partial charge in [-0.25, -0.2) is 8.42 Å². The fourth-order valence-corrected chi connectivity index (χ4v) is 7.60. The van der Waals surface area contributed by atoms with E-state index in [0.29, 0.717) is 48.6 Å². The van der Waals surface area contributed by atoms with Crippen molar-refractivity contribution in [3.8, 4) is 5.75 Å². The van der Waals surface area contributed by atoms with Gasteiger partial charge in [-0.1, -0.05) is 6.92 Å². The van der Waals surface area contributed by atoms with E-state index in [4.69, 9.17) is 4.74 Å². The Morgan fingerprint density at radius 2 is 1.80 bits per heavy atom. The quantitative estimate of drug-likeness (QED) is 0.441. The van der Waals surface area contributed by atoms with Gasteiger partial charge in [0.25, 0.3) is 0 Å². The summed E-state index contributed by atoms with van der Waals surface area (Å²) >= 11 is 0. The molecule has 40 heavy (non-hydrogen) atoms. The normalized spacial score (nSPS) is 17.0. The highest BCUT2D eigenvalue weighted by Gasteiger charge is 2.57. The number of aryl methyl sites for hydroxylation is 2. The number of likely N-dealkylation sites (N-methyl/N-ethyl adjacent to an activating group) is 2. The van der Waals surface area contributed by atoms with Crippen LogP contribution in [-0.4, -0.2) is 87.3 Å². The second-order valence-corrected chi connectivity index (χ2v) is 12.8. The van der Waals surface area contributed by atoms with Crippen molar-refractivity contribution in [2.24, 2.45) is 5.92 Å². The third kappa shape index (κ3) is 6.10. The molecule has 2 aromatic rings.